The molecule has 5 rings (SSSR count). The summed E-state index contributed by atoms with van der Waals surface area (Å²) in [4.78, 5) is 33.4. The van der Waals surface area contributed by atoms with Crippen LogP contribution in [0.2, 0.25) is 0 Å². The molecule has 0 unspecified atom stereocenters. The van der Waals surface area contributed by atoms with Crippen molar-refractivity contribution in [1.82, 2.24) is 9.80 Å². The van der Waals surface area contributed by atoms with Crippen molar-refractivity contribution in [2.24, 2.45) is 5.11 Å². The summed E-state index contributed by atoms with van der Waals surface area (Å²) >= 11 is 0. The maximum atomic E-state index is 13.6. The molecule has 8 heteroatoms. The first-order valence-electron chi connectivity index (χ1n) is 10.4. The van der Waals surface area contributed by atoms with E-state index in [1.807, 2.05) is 54.6 Å². The van der Waals surface area contributed by atoms with Gasteiger partial charge in [0.15, 0.2) is 0 Å². The maximum Gasteiger partial charge on any atom is 0.246 e. The number of rotatable bonds is 6. The van der Waals surface area contributed by atoms with E-state index in [9.17, 15) is 9.59 Å². The van der Waals surface area contributed by atoms with E-state index in [1.165, 1.54) is 0 Å². The van der Waals surface area contributed by atoms with Gasteiger partial charge in [0.1, 0.15) is 17.8 Å². The molecule has 3 aliphatic heterocycles. The molecule has 3 atom stereocenters. The lowest BCUT2D eigenvalue weighted by molar-refractivity contribution is -0.166. The van der Waals surface area contributed by atoms with Crippen molar-refractivity contribution in [3.05, 3.63) is 76.2 Å². The van der Waals surface area contributed by atoms with Gasteiger partial charge in [0, 0.05) is 18.0 Å². The number of benzene rings is 2. The second-order valence-corrected chi connectivity index (χ2v) is 7.93. The van der Waals surface area contributed by atoms with E-state index in [0.29, 0.717) is 19.4 Å². The number of amides is 2. The van der Waals surface area contributed by atoms with Crippen LogP contribution in [0.3, 0.4) is 0 Å². The normalized spacial score (nSPS) is 23.2. The van der Waals surface area contributed by atoms with Gasteiger partial charge >= 0.3 is 0 Å². The first-order chi connectivity index (χ1) is 15.1. The summed E-state index contributed by atoms with van der Waals surface area (Å²) in [7, 11) is 1.60. The molecule has 3 saturated heterocycles. The molecule has 8 nitrogen and oxygen atoms in total. The van der Waals surface area contributed by atoms with Gasteiger partial charge in [-0.25, -0.2) is 0 Å². The van der Waals surface area contributed by atoms with Gasteiger partial charge in [0.05, 0.1) is 13.2 Å². The minimum absolute atomic E-state index is 0.0887. The summed E-state index contributed by atoms with van der Waals surface area (Å²) in [6.45, 7) is 0.651. The van der Waals surface area contributed by atoms with E-state index in [2.05, 4.69) is 10.0 Å². The number of piperazine rings is 1. The van der Waals surface area contributed by atoms with Crippen LogP contribution in [0.5, 0.6) is 5.75 Å². The Morgan fingerprint density at radius 3 is 2.32 bits per heavy atom. The van der Waals surface area contributed by atoms with E-state index in [0.717, 1.165) is 23.3 Å². The Balaban J connectivity index is 1.68. The number of methoxy groups -OCH3 is 1. The summed E-state index contributed by atoms with van der Waals surface area (Å²) in [5.41, 5.74) is 11.0. The molecule has 3 aliphatic rings. The van der Waals surface area contributed by atoms with E-state index >= 15 is 0 Å². The van der Waals surface area contributed by atoms with Gasteiger partial charge in [-0.15, -0.1) is 0 Å². The van der Waals surface area contributed by atoms with Gasteiger partial charge in [0.2, 0.25) is 11.8 Å². The highest BCUT2D eigenvalue weighted by Crippen LogP contribution is 2.33. The van der Waals surface area contributed by atoms with Gasteiger partial charge < -0.3 is 14.5 Å². The molecule has 0 N–H and O–H groups in total. The average Bonchev–Trinajstić information content (AvgIpc) is 2.79. The number of hydrogen-bond donors (Lipinski definition) is 0. The second kappa shape index (κ2) is 9.10. The first kappa shape index (κ1) is 20.8. The lowest BCUT2D eigenvalue weighted by atomic mass is 9.88. The van der Waals surface area contributed by atoms with Crippen molar-refractivity contribution in [2.75, 3.05) is 7.11 Å². The fourth-order valence-corrected chi connectivity index (χ4v) is 4.51. The molecular weight excluding hydrogens is 394 g/mol. The molecule has 160 valence electrons. The smallest absolute Gasteiger partial charge is 0.246 e. The molecule has 2 amide bonds. The Morgan fingerprint density at radius 1 is 0.968 bits per heavy atom. The van der Waals surface area contributed by atoms with Crippen LogP contribution in [0.1, 0.15) is 30.4 Å². The van der Waals surface area contributed by atoms with Crippen LogP contribution >= 0.6 is 0 Å². The Bertz CT molecular complexity index is 988. The zero-order chi connectivity index (χ0) is 21.8. The predicted octanol–water partition coefficient (Wildman–Crippen LogP) is 3.67. The number of hydrogen-bond acceptors (Lipinski definition) is 4. The van der Waals surface area contributed by atoms with Gasteiger partial charge in [-0.1, -0.05) is 54.0 Å². The van der Waals surface area contributed by atoms with Crippen molar-refractivity contribution in [1.29, 1.82) is 0 Å². The first-order valence-corrected chi connectivity index (χ1v) is 10.4. The van der Waals surface area contributed by atoms with Crippen LogP contribution in [0, 0.1) is 0 Å². The van der Waals surface area contributed by atoms with Crippen molar-refractivity contribution >= 4 is 11.8 Å². The van der Waals surface area contributed by atoms with Gasteiger partial charge in [-0.2, -0.15) is 0 Å². The third-order valence-electron chi connectivity index (χ3n) is 6.07. The molecule has 2 aromatic rings. The summed E-state index contributed by atoms with van der Waals surface area (Å²) in [5.74, 6) is 0.481. The summed E-state index contributed by atoms with van der Waals surface area (Å²) < 4.78 is 5.21. The van der Waals surface area contributed by atoms with Crippen LogP contribution in [-0.4, -0.2) is 46.8 Å². The number of carbonyl (C=O) groups excluding carboxylic acids is 2. The number of nitrogens with zero attached hydrogens (tertiary/aromatic N) is 5. The minimum atomic E-state index is -0.800. The zero-order valence-corrected chi connectivity index (χ0v) is 17.4. The SMILES string of the molecule is COc1ccc(CN2C(=O)[C@H]3CCC[C@@H](N=[N+]=[N-])[C@@H]2C(=O)N3Cc2ccccc2)cc1. The van der Waals surface area contributed by atoms with E-state index in [-0.39, 0.29) is 18.4 Å². The molecule has 0 aromatic heterocycles. The fraction of sp³-hybridized carbons (Fsp3) is 0.391. The highest BCUT2D eigenvalue weighted by molar-refractivity contribution is 5.97. The molecule has 2 bridgehead atoms. The standard InChI is InChI=1S/C23H25N5O3/c1-31-18-12-10-17(11-13-18)15-28-21-19(25-26-24)8-5-9-20(22(28)29)27(23(21)30)14-16-6-3-2-4-7-16/h2-4,6-7,10-13,19-21H,5,8-9,14-15H2,1H3/t19-,20-,21-/m1/s1. The highest BCUT2D eigenvalue weighted by atomic mass is 16.5. The molecule has 3 heterocycles. The Labute approximate surface area is 181 Å². The second-order valence-electron chi connectivity index (χ2n) is 7.93. The Morgan fingerprint density at radius 2 is 1.65 bits per heavy atom. The lowest BCUT2D eigenvalue weighted by Crippen LogP contribution is -2.67. The average molecular weight is 419 g/mol. The topological polar surface area (TPSA) is 98.6 Å². The minimum Gasteiger partial charge on any atom is -0.497 e. The number of fused-ring (bicyclic) bond motifs is 5. The van der Waals surface area contributed by atoms with Crippen molar-refractivity contribution in [3.8, 4) is 5.75 Å². The Kier molecular flexibility index (Phi) is 6.09. The number of carbonyl (C=O) groups is 2. The maximum absolute atomic E-state index is 13.6. The fourth-order valence-electron chi connectivity index (χ4n) is 4.51. The molecule has 31 heavy (non-hydrogen) atoms. The summed E-state index contributed by atoms with van der Waals surface area (Å²) in [6.07, 6.45) is 1.87. The van der Waals surface area contributed by atoms with Gasteiger partial charge in [-0.05, 0) is 41.6 Å². The molecule has 0 spiro atoms. The Hall–Kier alpha value is -3.51. The lowest BCUT2D eigenvalue weighted by Gasteiger charge is -2.48. The number of azide groups is 1. The predicted molar refractivity (Wildman–Crippen MR) is 115 cm³/mol. The van der Waals surface area contributed by atoms with Crippen molar-refractivity contribution < 1.29 is 14.3 Å². The molecule has 0 radical (unpaired) electrons. The van der Waals surface area contributed by atoms with Crippen LogP contribution in [0.4, 0.5) is 0 Å². The van der Waals surface area contributed by atoms with Crippen LogP contribution in [0.15, 0.2) is 59.7 Å². The van der Waals surface area contributed by atoms with E-state index < -0.39 is 18.1 Å². The van der Waals surface area contributed by atoms with Gasteiger partial charge in [0.25, 0.3) is 0 Å². The third-order valence-corrected chi connectivity index (χ3v) is 6.07. The highest BCUT2D eigenvalue weighted by Gasteiger charge is 2.49. The summed E-state index contributed by atoms with van der Waals surface area (Å²) in [5, 5.41) is 3.93. The third kappa shape index (κ3) is 4.20. The molecule has 0 saturated carbocycles. The van der Waals surface area contributed by atoms with Crippen LogP contribution < -0.4 is 4.74 Å². The van der Waals surface area contributed by atoms with E-state index in [1.54, 1.807) is 16.9 Å². The van der Waals surface area contributed by atoms with Crippen molar-refractivity contribution in [3.63, 3.8) is 0 Å². The zero-order valence-electron chi connectivity index (χ0n) is 17.4. The summed E-state index contributed by atoms with van der Waals surface area (Å²) in [6, 6.07) is 15.2. The monoisotopic (exact) mass is 419 g/mol. The molecular formula is C23H25N5O3. The molecule has 3 fully saturated rings. The van der Waals surface area contributed by atoms with E-state index in [4.69, 9.17) is 10.3 Å². The van der Waals surface area contributed by atoms with Crippen LogP contribution in [-0.2, 0) is 22.7 Å². The van der Waals surface area contributed by atoms with Gasteiger partial charge in [-0.3, -0.25) is 9.59 Å². The number of ether oxygens (including phenoxy) is 1. The molecule has 0 aliphatic carbocycles. The quantitative estimate of drug-likeness (QED) is 0.406. The largest absolute Gasteiger partial charge is 0.497 e. The van der Waals surface area contributed by atoms with Crippen LogP contribution in [0.25, 0.3) is 10.4 Å². The molecule has 2 aromatic carbocycles. The van der Waals surface area contributed by atoms with Crippen molar-refractivity contribution in [2.45, 2.75) is 50.5 Å².